The van der Waals surface area contributed by atoms with Gasteiger partial charge in [-0.3, -0.25) is 14.6 Å². The minimum atomic E-state index is -0.965. The third-order valence-corrected chi connectivity index (χ3v) is 1.73. The number of carbonyl (C=O) groups is 2. The molecule has 1 amide bonds. The summed E-state index contributed by atoms with van der Waals surface area (Å²) in [4.78, 5) is 24.6. The lowest BCUT2D eigenvalue weighted by Gasteiger charge is -2.12. The number of amides is 1. The smallest absolute Gasteiger partial charge is 0.305 e. The molecule has 74 valence electrons. The van der Waals surface area contributed by atoms with Crippen molar-refractivity contribution in [3.8, 4) is 0 Å². The van der Waals surface area contributed by atoms with Crippen molar-refractivity contribution >= 4 is 12.4 Å². The van der Waals surface area contributed by atoms with Gasteiger partial charge in [0.15, 0.2) is 0 Å². The SMILES string of the molecule is O=CN[C@H](CC(=O)O)c1cccnc1. The predicted octanol–water partition coefficient (Wildman–Crippen LogP) is 0.343. The van der Waals surface area contributed by atoms with E-state index in [1.807, 2.05) is 0 Å². The van der Waals surface area contributed by atoms with E-state index in [1.165, 1.54) is 6.20 Å². The summed E-state index contributed by atoms with van der Waals surface area (Å²) in [6.45, 7) is 0. The lowest BCUT2D eigenvalue weighted by Crippen LogP contribution is -2.22. The highest BCUT2D eigenvalue weighted by Crippen LogP contribution is 2.14. The fraction of sp³-hybridized carbons (Fsp3) is 0.222. The molecule has 1 heterocycles. The molecule has 0 fully saturated rings. The van der Waals surface area contributed by atoms with Crippen molar-refractivity contribution in [2.75, 3.05) is 0 Å². The Labute approximate surface area is 80.8 Å². The first-order chi connectivity index (χ1) is 6.74. The van der Waals surface area contributed by atoms with E-state index in [1.54, 1.807) is 18.3 Å². The molecule has 1 rings (SSSR count). The Hall–Kier alpha value is -1.91. The molecule has 14 heavy (non-hydrogen) atoms. The van der Waals surface area contributed by atoms with Crippen LogP contribution in [-0.4, -0.2) is 22.5 Å². The van der Waals surface area contributed by atoms with Crippen molar-refractivity contribution < 1.29 is 14.7 Å². The molecule has 0 saturated carbocycles. The maximum Gasteiger partial charge on any atom is 0.305 e. The predicted molar refractivity (Wildman–Crippen MR) is 48.4 cm³/mol. The third-order valence-electron chi connectivity index (χ3n) is 1.73. The van der Waals surface area contributed by atoms with Crippen LogP contribution in [0, 0.1) is 0 Å². The summed E-state index contributed by atoms with van der Waals surface area (Å²) in [6.07, 6.45) is 3.46. The van der Waals surface area contributed by atoms with Crippen LogP contribution < -0.4 is 5.32 Å². The van der Waals surface area contributed by atoms with E-state index in [-0.39, 0.29) is 6.42 Å². The zero-order valence-electron chi connectivity index (χ0n) is 7.38. The van der Waals surface area contributed by atoms with Crippen molar-refractivity contribution in [2.45, 2.75) is 12.5 Å². The number of nitrogens with zero attached hydrogens (tertiary/aromatic N) is 1. The molecule has 1 atom stereocenters. The molecular formula is C9H10N2O3. The second kappa shape index (κ2) is 4.96. The van der Waals surface area contributed by atoms with Crippen LogP contribution in [0.5, 0.6) is 0 Å². The second-order valence-corrected chi connectivity index (χ2v) is 2.72. The molecule has 2 N–H and O–H groups in total. The first-order valence-corrected chi connectivity index (χ1v) is 4.05. The molecule has 5 nitrogen and oxygen atoms in total. The van der Waals surface area contributed by atoms with E-state index in [4.69, 9.17) is 5.11 Å². The van der Waals surface area contributed by atoms with E-state index in [9.17, 15) is 9.59 Å². The van der Waals surface area contributed by atoms with E-state index in [0.29, 0.717) is 12.0 Å². The second-order valence-electron chi connectivity index (χ2n) is 2.72. The van der Waals surface area contributed by atoms with E-state index < -0.39 is 12.0 Å². The van der Waals surface area contributed by atoms with Gasteiger partial charge in [0.2, 0.25) is 6.41 Å². The van der Waals surface area contributed by atoms with Crippen LogP contribution in [0.15, 0.2) is 24.5 Å². The average molecular weight is 194 g/mol. The molecule has 0 aliphatic rings. The Morgan fingerprint density at radius 2 is 2.50 bits per heavy atom. The maximum atomic E-state index is 10.5. The van der Waals surface area contributed by atoms with Gasteiger partial charge in [-0.25, -0.2) is 0 Å². The molecule has 0 aliphatic heterocycles. The molecular weight excluding hydrogens is 184 g/mol. The molecule has 0 saturated heterocycles. The number of pyridine rings is 1. The molecule has 0 spiro atoms. The van der Waals surface area contributed by atoms with Crippen LogP contribution in [0.3, 0.4) is 0 Å². The summed E-state index contributed by atoms with van der Waals surface area (Å²) in [5.74, 6) is -0.965. The lowest BCUT2D eigenvalue weighted by atomic mass is 10.1. The Kier molecular flexibility index (Phi) is 3.60. The largest absolute Gasteiger partial charge is 0.481 e. The van der Waals surface area contributed by atoms with Gasteiger partial charge in [-0.2, -0.15) is 0 Å². The molecule has 0 bridgehead atoms. The first-order valence-electron chi connectivity index (χ1n) is 4.05. The fourth-order valence-corrected chi connectivity index (χ4v) is 1.11. The number of carboxylic acids is 1. The van der Waals surface area contributed by atoms with Gasteiger partial charge in [-0.05, 0) is 11.6 Å². The van der Waals surface area contributed by atoms with Gasteiger partial charge in [0.1, 0.15) is 0 Å². The molecule has 0 aliphatic carbocycles. The van der Waals surface area contributed by atoms with Gasteiger partial charge in [-0.15, -0.1) is 0 Å². The average Bonchev–Trinajstić information content (AvgIpc) is 2.18. The van der Waals surface area contributed by atoms with Crippen LogP contribution in [0.25, 0.3) is 0 Å². The van der Waals surface area contributed by atoms with Crippen molar-refractivity contribution in [3.05, 3.63) is 30.1 Å². The zero-order valence-corrected chi connectivity index (χ0v) is 7.38. The highest BCUT2D eigenvalue weighted by Gasteiger charge is 2.13. The zero-order chi connectivity index (χ0) is 10.4. The summed E-state index contributed by atoms with van der Waals surface area (Å²) in [6, 6.07) is 2.90. The van der Waals surface area contributed by atoms with Gasteiger partial charge in [0.05, 0.1) is 12.5 Å². The Bertz CT molecular complexity index is 313. The number of nitrogens with one attached hydrogen (secondary N) is 1. The van der Waals surface area contributed by atoms with Crippen molar-refractivity contribution in [1.82, 2.24) is 10.3 Å². The summed E-state index contributed by atoms with van der Waals surface area (Å²) >= 11 is 0. The minimum Gasteiger partial charge on any atom is -0.481 e. The number of aliphatic carboxylic acids is 1. The van der Waals surface area contributed by atoms with Gasteiger partial charge in [0.25, 0.3) is 0 Å². The van der Waals surface area contributed by atoms with Gasteiger partial charge in [0, 0.05) is 12.4 Å². The van der Waals surface area contributed by atoms with Crippen LogP contribution in [0.1, 0.15) is 18.0 Å². The molecule has 0 radical (unpaired) electrons. The van der Waals surface area contributed by atoms with Gasteiger partial charge in [-0.1, -0.05) is 6.07 Å². The van der Waals surface area contributed by atoms with E-state index >= 15 is 0 Å². The highest BCUT2D eigenvalue weighted by molar-refractivity contribution is 5.68. The number of hydrogen-bond acceptors (Lipinski definition) is 3. The normalized spacial score (nSPS) is 11.7. The molecule has 1 aromatic heterocycles. The Balaban J connectivity index is 2.77. The summed E-state index contributed by atoms with van der Waals surface area (Å²) in [5.41, 5.74) is 0.682. The van der Waals surface area contributed by atoms with Crippen LogP contribution in [0.2, 0.25) is 0 Å². The lowest BCUT2D eigenvalue weighted by molar-refractivity contribution is -0.137. The monoisotopic (exact) mass is 194 g/mol. The standard InChI is InChI=1S/C9H10N2O3/c12-6-11-8(4-9(13)14)7-2-1-3-10-5-7/h1-3,5-6,8H,4H2,(H,11,12)(H,13,14)/t8-/m1/s1. The summed E-state index contributed by atoms with van der Waals surface area (Å²) in [7, 11) is 0. The number of aromatic nitrogens is 1. The van der Waals surface area contributed by atoms with Crippen molar-refractivity contribution in [2.24, 2.45) is 0 Å². The van der Waals surface area contributed by atoms with Crippen LogP contribution >= 0.6 is 0 Å². The van der Waals surface area contributed by atoms with Gasteiger partial charge >= 0.3 is 5.97 Å². The van der Waals surface area contributed by atoms with E-state index in [2.05, 4.69) is 10.3 Å². The summed E-state index contributed by atoms with van der Waals surface area (Å²) < 4.78 is 0. The van der Waals surface area contributed by atoms with Gasteiger partial charge < -0.3 is 10.4 Å². The topological polar surface area (TPSA) is 79.3 Å². The Morgan fingerprint density at radius 1 is 1.71 bits per heavy atom. The number of rotatable bonds is 5. The Morgan fingerprint density at radius 3 is 3.00 bits per heavy atom. The number of carboxylic acid groups (broad SMARTS) is 1. The van der Waals surface area contributed by atoms with Crippen LogP contribution in [0.4, 0.5) is 0 Å². The molecule has 0 unspecified atom stereocenters. The van der Waals surface area contributed by atoms with Crippen molar-refractivity contribution in [3.63, 3.8) is 0 Å². The maximum absolute atomic E-state index is 10.5. The molecule has 5 heteroatoms. The highest BCUT2D eigenvalue weighted by atomic mass is 16.4. The first kappa shape index (κ1) is 10.2. The molecule has 1 aromatic rings. The third kappa shape index (κ3) is 2.85. The summed E-state index contributed by atoms with van der Waals surface area (Å²) in [5, 5.41) is 11.0. The van der Waals surface area contributed by atoms with E-state index in [0.717, 1.165) is 0 Å². The van der Waals surface area contributed by atoms with Crippen LogP contribution in [-0.2, 0) is 9.59 Å². The van der Waals surface area contributed by atoms with Crippen molar-refractivity contribution in [1.29, 1.82) is 0 Å². The minimum absolute atomic E-state index is 0.148. The number of hydrogen-bond donors (Lipinski definition) is 2. The number of carbonyl (C=O) groups excluding carboxylic acids is 1. The fourth-order valence-electron chi connectivity index (χ4n) is 1.11. The molecule has 0 aromatic carbocycles. The quantitative estimate of drug-likeness (QED) is 0.662.